The lowest BCUT2D eigenvalue weighted by atomic mass is 9.71. The molecule has 1 spiro atoms. The van der Waals surface area contributed by atoms with E-state index in [1.165, 1.54) is 0 Å². The Morgan fingerprint density at radius 1 is 1.24 bits per heavy atom. The summed E-state index contributed by atoms with van der Waals surface area (Å²) in [6.07, 6.45) is -2.02. The van der Waals surface area contributed by atoms with E-state index < -0.39 is 23.5 Å². The number of aliphatic carboxylic acids is 1. The first-order valence-electron chi connectivity index (χ1n) is 10.6. The van der Waals surface area contributed by atoms with Crippen LogP contribution in [-0.4, -0.2) is 60.2 Å². The van der Waals surface area contributed by atoms with Gasteiger partial charge in [-0.2, -0.15) is 18.4 Å². The van der Waals surface area contributed by atoms with Crippen molar-refractivity contribution in [1.82, 2.24) is 4.90 Å². The van der Waals surface area contributed by atoms with E-state index in [-0.39, 0.29) is 18.9 Å². The zero-order valence-corrected chi connectivity index (χ0v) is 17.7. The number of carbonyl (C=O) groups is 2. The maximum Gasteiger partial charge on any atom is 0.490 e. The van der Waals surface area contributed by atoms with Crippen molar-refractivity contribution in [2.75, 3.05) is 31.1 Å². The summed E-state index contributed by atoms with van der Waals surface area (Å²) in [6.45, 7) is 1.38. The van der Waals surface area contributed by atoms with E-state index in [1.54, 1.807) is 29.2 Å². The molecular formula is C22H24F5N3O3. The predicted octanol–water partition coefficient (Wildman–Crippen LogP) is 4.06. The Morgan fingerprint density at radius 3 is 2.48 bits per heavy atom. The molecule has 1 aromatic carbocycles. The number of halogens is 5. The van der Waals surface area contributed by atoms with Crippen LogP contribution in [0.25, 0.3) is 0 Å². The molecule has 1 amide bonds. The highest BCUT2D eigenvalue weighted by molar-refractivity contribution is 5.98. The van der Waals surface area contributed by atoms with Crippen molar-refractivity contribution < 1.29 is 36.6 Å². The van der Waals surface area contributed by atoms with E-state index in [1.807, 2.05) is 4.90 Å². The fourth-order valence-corrected chi connectivity index (χ4v) is 4.58. The first-order chi connectivity index (χ1) is 15.3. The molecule has 4 rings (SSSR count). The molecule has 3 aliphatic rings. The van der Waals surface area contributed by atoms with E-state index in [0.717, 1.165) is 12.8 Å². The summed E-state index contributed by atoms with van der Waals surface area (Å²) >= 11 is 0. The van der Waals surface area contributed by atoms with Gasteiger partial charge in [-0.3, -0.25) is 9.69 Å². The Kier molecular flexibility index (Phi) is 6.98. The topological polar surface area (TPSA) is 84.6 Å². The molecule has 0 radical (unpaired) electrons. The molecule has 1 atom stereocenters. The molecule has 0 aromatic heterocycles. The molecule has 3 fully saturated rings. The molecule has 1 aromatic rings. The number of nitriles is 1. The van der Waals surface area contributed by atoms with Crippen LogP contribution in [0.2, 0.25) is 0 Å². The summed E-state index contributed by atoms with van der Waals surface area (Å²) < 4.78 is 60.8. The van der Waals surface area contributed by atoms with Gasteiger partial charge in [0.05, 0.1) is 23.6 Å². The van der Waals surface area contributed by atoms with Crippen LogP contribution in [0.5, 0.6) is 0 Å². The Morgan fingerprint density at radius 2 is 1.91 bits per heavy atom. The third kappa shape index (κ3) is 6.19. The van der Waals surface area contributed by atoms with Gasteiger partial charge in [-0.15, -0.1) is 0 Å². The van der Waals surface area contributed by atoms with Crippen LogP contribution in [0.15, 0.2) is 24.3 Å². The van der Waals surface area contributed by atoms with Crippen LogP contribution in [0.3, 0.4) is 0 Å². The first-order valence-corrected chi connectivity index (χ1v) is 10.6. The minimum absolute atomic E-state index is 0.209. The third-order valence-electron chi connectivity index (χ3n) is 6.06. The van der Waals surface area contributed by atoms with Gasteiger partial charge < -0.3 is 10.0 Å². The summed E-state index contributed by atoms with van der Waals surface area (Å²) in [5, 5.41) is 16.2. The van der Waals surface area contributed by atoms with Crippen molar-refractivity contribution in [3.63, 3.8) is 0 Å². The van der Waals surface area contributed by atoms with Crippen LogP contribution < -0.4 is 4.90 Å². The first kappa shape index (κ1) is 24.9. The van der Waals surface area contributed by atoms with Gasteiger partial charge in [0.25, 0.3) is 5.92 Å². The Balaban J connectivity index is 0.000000383. The van der Waals surface area contributed by atoms with Crippen LogP contribution in [-0.2, 0) is 9.59 Å². The lowest BCUT2D eigenvalue weighted by Gasteiger charge is -2.49. The molecule has 1 N–H and O–H groups in total. The number of amides is 1. The normalized spacial score (nSPS) is 25.2. The number of likely N-dealkylation sites (tertiary alicyclic amines) is 1. The Labute approximate surface area is 187 Å². The highest BCUT2D eigenvalue weighted by Crippen LogP contribution is 2.47. The van der Waals surface area contributed by atoms with E-state index in [9.17, 15) is 26.7 Å². The predicted molar refractivity (Wildman–Crippen MR) is 108 cm³/mol. The number of benzene rings is 1. The summed E-state index contributed by atoms with van der Waals surface area (Å²) in [7, 11) is 0. The Bertz CT molecular complexity index is 942. The number of nitrogens with zero attached hydrogens (tertiary/aromatic N) is 3. The maximum atomic E-state index is 14.5. The van der Waals surface area contributed by atoms with Crippen LogP contribution >= 0.6 is 0 Å². The lowest BCUT2D eigenvalue weighted by molar-refractivity contribution is -0.192. The average Bonchev–Trinajstić information content (AvgIpc) is 3.52. The van der Waals surface area contributed by atoms with Crippen molar-refractivity contribution in [3.05, 3.63) is 29.8 Å². The summed E-state index contributed by atoms with van der Waals surface area (Å²) in [6, 6.07) is 8.93. The van der Waals surface area contributed by atoms with Gasteiger partial charge in [-0.1, -0.05) is 6.07 Å². The number of carboxylic acid groups (broad SMARTS) is 1. The highest BCUT2D eigenvalue weighted by atomic mass is 19.4. The molecule has 180 valence electrons. The summed E-state index contributed by atoms with van der Waals surface area (Å²) in [4.78, 5) is 25.6. The van der Waals surface area contributed by atoms with Gasteiger partial charge in [-0.25, -0.2) is 13.6 Å². The van der Waals surface area contributed by atoms with Gasteiger partial charge in [0.2, 0.25) is 5.91 Å². The quantitative estimate of drug-likeness (QED) is 0.670. The lowest BCUT2D eigenvalue weighted by Crippen LogP contribution is -2.61. The third-order valence-corrected chi connectivity index (χ3v) is 6.06. The monoisotopic (exact) mass is 473 g/mol. The maximum absolute atomic E-state index is 14.5. The van der Waals surface area contributed by atoms with Crippen LogP contribution in [0.1, 0.15) is 37.7 Å². The summed E-state index contributed by atoms with van der Waals surface area (Å²) in [5.74, 6) is -5.28. The number of hydrogen-bond donors (Lipinski definition) is 1. The van der Waals surface area contributed by atoms with E-state index in [4.69, 9.17) is 15.2 Å². The van der Waals surface area contributed by atoms with Gasteiger partial charge >= 0.3 is 12.1 Å². The molecule has 0 bridgehead atoms. The van der Waals surface area contributed by atoms with Crippen molar-refractivity contribution in [1.29, 1.82) is 5.26 Å². The fraction of sp³-hybridized carbons (Fsp3) is 0.591. The van der Waals surface area contributed by atoms with Gasteiger partial charge in [0.1, 0.15) is 0 Å². The number of rotatable bonds is 3. The fourth-order valence-electron chi connectivity index (χ4n) is 4.58. The second-order valence-corrected chi connectivity index (χ2v) is 8.95. The number of hydrogen-bond acceptors (Lipinski definition) is 4. The molecule has 11 heteroatoms. The van der Waals surface area contributed by atoms with Gasteiger partial charge in [0.15, 0.2) is 0 Å². The average molecular weight is 473 g/mol. The van der Waals surface area contributed by atoms with Gasteiger partial charge in [-0.05, 0) is 49.8 Å². The zero-order chi connectivity index (χ0) is 24.4. The minimum Gasteiger partial charge on any atom is -0.475 e. The minimum atomic E-state index is -5.08. The van der Waals surface area contributed by atoms with E-state index >= 15 is 0 Å². The molecule has 1 saturated carbocycles. The van der Waals surface area contributed by atoms with E-state index in [0.29, 0.717) is 49.6 Å². The van der Waals surface area contributed by atoms with E-state index in [2.05, 4.69) is 6.07 Å². The zero-order valence-electron chi connectivity index (χ0n) is 17.7. The molecule has 1 aliphatic carbocycles. The number of carbonyl (C=O) groups excluding carboxylic acids is 1. The molecule has 2 heterocycles. The number of anilines is 1. The smallest absolute Gasteiger partial charge is 0.475 e. The highest BCUT2D eigenvalue weighted by Gasteiger charge is 2.55. The van der Waals surface area contributed by atoms with Crippen LogP contribution in [0.4, 0.5) is 27.6 Å². The molecule has 33 heavy (non-hydrogen) atoms. The van der Waals surface area contributed by atoms with Crippen molar-refractivity contribution in [2.45, 2.75) is 44.2 Å². The van der Waals surface area contributed by atoms with Gasteiger partial charge in [0, 0.05) is 31.7 Å². The molecule has 1 unspecified atom stereocenters. The van der Waals surface area contributed by atoms with Crippen molar-refractivity contribution in [2.24, 2.45) is 11.3 Å². The number of piperidine rings is 2. The summed E-state index contributed by atoms with van der Waals surface area (Å²) in [5.41, 5.74) is 0.0902. The van der Waals surface area contributed by atoms with Crippen molar-refractivity contribution >= 4 is 17.6 Å². The standard InChI is InChI=1S/C20H23F2N3O.C2HF3O2/c21-20(22)12-19(13-24(14-20)11-15-5-6-15)7-2-8-25(18(19)26)17-4-1-3-16(9-17)10-23;3-2(4,5)1(6)7/h1,3-4,9,15H,2,5-8,11-14H2;(H,6,7). The number of carboxylic acids is 1. The second kappa shape index (κ2) is 9.25. The molecule has 6 nitrogen and oxygen atoms in total. The van der Waals surface area contributed by atoms with Crippen molar-refractivity contribution in [3.8, 4) is 6.07 Å². The second-order valence-electron chi connectivity index (χ2n) is 8.95. The Hall–Kier alpha value is -2.74. The largest absolute Gasteiger partial charge is 0.490 e. The molecular weight excluding hydrogens is 449 g/mol. The SMILES string of the molecule is N#Cc1cccc(N2CCCC3(CN(CC4CC4)CC(F)(F)C3)C2=O)c1.O=C(O)C(F)(F)F. The number of alkyl halides is 5. The molecule has 2 aliphatic heterocycles. The van der Waals surface area contributed by atoms with Crippen LogP contribution in [0, 0.1) is 22.7 Å². The molecule has 2 saturated heterocycles.